The number of nitrogens with one attached hydrogen (secondary N) is 1. The monoisotopic (exact) mass is 466 g/mol. The molecule has 3 aromatic carbocycles. The number of hydrogen-bond donors (Lipinski definition) is 1. The zero-order valence-electron chi connectivity index (χ0n) is 16.6. The first kappa shape index (κ1) is 20.1. The predicted octanol–water partition coefficient (Wildman–Crippen LogP) is 7.89. The molecule has 0 unspecified atom stereocenters. The van der Waals surface area contributed by atoms with E-state index in [-0.39, 0.29) is 5.91 Å². The van der Waals surface area contributed by atoms with Crippen LogP contribution in [0.5, 0.6) is 0 Å². The summed E-state index contributed by atoms with van der Waals surface area (Å²) in [6, 6.07) is 16.9. The lowest BCUT2D eigenvalue weighted by atomic mass is 10.1. The minimum atomic E-state index is -0.278. The third-order valence-corrected chi connectivity index (χ3v) is 6.80. The lowest BCUT2D eigenvalue weighted by molar-refractivity contribution is 0.103. The summed E-state index contributed by atoms with van der Waals surface area (Å²) in [5.41, 5.74) is 5.15. The number of nitrogens with zero attached hydrogens (tertiary/aromatic N) is 1. The Kier molecular flexibility index (Phi) is 4.97. The average molecular weight is 467 g/mol. The number of aryl methyl sites for hydroxylation is 2. The molecule has 0 saturated carbocycles. The first-order valence-corrected chi connectivity index (χ1v) is 11.1. The summed E-state index contributed by atoms with van der Waals surface area (Å²) in [5.74, 6) is 0.273. The van der Waals surface area contributed by atoms with Gasteiger partial charge in [-0.2, -0.15) is 0 Å². The molecule has 0 aliphatic heterocycles. The molecule has 4 nitrogen and oxygen atoms in total. The van der Waals surface area contributed by atoms with Gasteiger partial charge in [-0.25, -0.2) is 4.98 Å². The maximum Gasteiger partial charge on any atom is 0.267 e. The van der Waals surface area contributed by atoms with Gasteiger partial charge in [0.2, 0.25) is 5.89 Å². The number of benzene rings is 3. The highest BCUT2D eigenvalue weighted by molar-refractivity contribution is 7.21. The zero-order chi connectivity index (χ0) is 21.7. The molecule has 0 atom stereocenters. The molecule has 7 heteroatoms. The Hall–Kier alpha value is -2.86. The molecule has 5 aromatic rings. The molecule has 1 N–H and O–H groups in total. The van der Waals surface area contributed by atoms with Gasteiger partial charge in [-0.05, 0) is 56.3 Å². The van der Waals surface area contributed by atoms with Crippen molar-refractivity contribution in [3.63, 3.8) is 0 Å². The number of halogens is 2. The molecule has 5 rings (SSSR count). The second-order valence-corrected chi connectivity index (χ2v) is 9.28. The summed E-state index contributed by atoms with van der Waals surface area (Å²) in [4.78, 5) is 17.9. The summed E-state index contributed by atoms with van der Waals surface area (Å²) in [5, 5.41) is 4.75. The van der Waals surface area contributed by atoms with Gasteiger partial charge in [0, 0.05) is 26.4 Å². The largest absolute Gasteiger partial charge is 0.436 e. The molecular weight excluding hydrogens is 451 g/mol. The maximum absolute atomic E-state index is 12.9. The van der Waals surface area contributed by atoms with E-state index in [2.05, 4.69) is 16.4 Å². The lowest BCUT2D eigenvalue weighted by Gasteiger charge is -2.03. The molecule has 2 aromatic heterocycles. The molecule has 0 aliphatic rings. The molecule has 0 fully saturated rings. The Morgan fingerprint density at radius 1 is 1.00 bits per heavy atom. The van der Waals surface area contributed by atoms with E-state index in [1.165, 1.54) is 11.3 Å². The number of thiophene rings is 1. The molecule has 0 radical (unpaired) electrons. The van der Waals surface area contributed by atoms with E-state index in [1.54, 1.807) is 30.3 Å². The number of rotatable bonds is 3. The van der Waals surface area contributed by atoms with Crippen LogP contribution in [0.4, 0.5) is 5.69 Å². The summed E-state index contributed by atoms with van der Waals surface area (Å²) in [6.07, 6.45) is 0. The van der Waals surface area contributed by atoms with E-state index in [0.29, 0.717) is 37.6 Å². The highest BCUT2D eigenvalue weighted by atomic mass is 35.5. The molecule has 31 heavy (non-hydrogen) atoms. The Bertz CT molecular complexity index is 1470. The van der Waals surface area contributed by atoms with Gasteiger partial charge in [-0.3, -0.25) is 4.79 Å². The van der Waals surface area contributed by atoms with Crippen molar-refractivity contribution in [1.82, 2.24) is 4.98 Å². The first-order valence-electron chi connectivity index (χ1n) is 9.55. The Morgan fingerprint density at radius 2 is 1.77 bits per heavy atom. The van der Waals surface area contributed by atoms with Crippen molar-refractivity contribution in [2.45, 2.75) is 13.8 Å². The smallest absolute Gasteiger partial charge is 0.267 e. The Labute approximate surface area is 192 Å². The van der Waals surface area contributed by atoms with Gasteiger partial charge in [0.25, 0.3) is 5.91 Å². The fourth-order valence-electron chi connectivity index (χ4n) is 3.60. The summed E-state index contributed by atoms with van der Waals surface area (Å²) in [7, 11) is 0. The van der Waals surface area contributed by atoms with Gasteiger partial charge in [-0.1, -0.05) is 46.5 Å². The van der Waals surface area contributed by atoms with Crippen LogP contribution >= 0.6 is 34.5 Å². The quantitative estimate of drug-likeness (QED) is 0.294. The van der Waals surface area contributed by atoms with Crippen LogP contribution in [-0.2, 0) is 0 Å². The van der Waals surface area contributed by atoms with Crippen molar-refractivity contribution in [3.05, 3.63) is 80.6 Å². The van der Waals surface area contributed by atoms with Crippen LogP contribution in [0.3, 0.4) is 0 Å². The van der Waals surface area contributed by atoms with Crippen molar-refractivity contribution >= 4 is 67.3 Å². The van der Waals surface area contributed by atoms with Gasteiger partial charge >= 0.3 is 0 Å². The summed E-state index contributed by atoms with van der Waals surface area (Å²) in [6.45, 7) is 4.08. The standard InChI is InChI=1S/C24H16Cl2N2O2S/c1-12-7-13(2)9-14(8-12)24-28-18-11-16(4-6-19(18)30-24)27-23(29)22-21(26)17-5-3-15(25)10-20(17)31-22/h3-11H,1-2H3,(H,27,29). The molecule has 2 heterocycles. The van der Waals surface area contributed by atoms with Crippen molar-refractivity contribution in [2.75, 3.05) is 5.32 Å². The molecule has 0 spiro atoms. The summed E-state index contributed by atoms with van der Waals surface area (Å²) >= 11 is 13.8. The summed E-state index contributed by atoms with van der Waals surface area (Å²) < 4.78 is 6.79. The third kappa shape index (κ3) is 3.81. The number of hydrogen-bond acceptors (Lipinski definition) is 4. The lowest BCUT2D eigenvalue weighted by Crippen LogP contribution is -2.10. The second-order valence-electron chi connectivity index (χ2n) is 7.42. The topological polar surface area (TPSA) is 55.1 Å². The van der Waals surface area contributed by atoms with E-state index in [9.17, 15) is 4.79 Å². The number of amides is 1. The molecule has 0 saturated heterocycles. The molecule has 0 aliphatic carbocycles. The highest BCUT2D eigenvalue weighted by Crippen LogP contribution is 2.37. The van der Waals surface area contributed by atoms with Crippen LogP contribution in [0.25, 0.3) is 32.6 Å². The number of fused-ring (bicyclic) bond motifs is 2. The Morgan fingerprint density at radius 3 is 2.55 bits per heavy atom. The minimum absolute atomic E-state index is 0.278. The second kappa shape index (κ2) is 7.68. The molecule has 1 amide bonds. The number of carbonyl (C=O) groups is 1. The molecule has 0 bridgehead atoms. The zero-order valence-corrected chi connectivity index (χ0v) is 19.0. The fourth-order valence-corrected chi connectivity index (χ4v) is 5.29. The van der Waals surface area contributed by atoms with E-state index >= 15 is 0 Å². The predicted molar refractivity (Wildman–Crippen MR) is 129 cm³/mol. The van der Waals surface area contributed by atoms with Crippen molar-refractivity contribution in [1.29, 1.82) is 0 Å². The van der Waals surface area contributed by atoms with E-state index < -0.39 is 0 Å². The van der Waals surface area contributed by atoms with Crippen molar-refractivity contribution < 1.29 is 9.21 Å². The van der Waals surface area contributed by atoms with Crippen molar-refractivity contribution in [2.24, 2.45) is 0 Å². The molecule has 154 valence electrons. The highest BCUT2D eigenvalue weighted by Gasteiger charge is 2.18. The van der Waals surface area contributed by atoms with Gasteiger partial charge in [0.1, 0.15) is 10.4 Å². The van der Waals surface area contributed by atoms with Gasteiger partial charge < -0.3 is 9.73 Å². The van der Waals surface area contributed by atoms with E-state index in [1.807, 2.05) is 32.0 Å². The first-order chi connectivity index (χ1) is 14.9. The van der Waals surface area contributed by atoms with Crippen LogP contribution in [0.1, 0.15) is 20.8 Å². The third-order valence-electron chi connectivity index (χ3n) is 4.91. The maximum atomic E-state index is 12.9. The van der Waals surface area contributed by atoms with Gasteiger partial charge in [-0.15, -0.1) is 11.3 Å². The normalized spacial score (nSPS) is 11.4. The van der Waals surface area contributed by atoms with Crippen LogP contribution in [0.2, 0.25) is 10.0 Å². The SMILES string of the molecule is Cc1cc(C)cc(-c2nc3cc(NC(=O)c4sc5cc(Cl)ccc5c4Cl)ccc3o2)c1. The number of anilines is 1. The van der Waals surface area contributed by atoms with E-state index in [4.69, 9.17) is 27.6 Å². The van der Waals surface area contributed by atoms with Crippen molar-refractivity contribution in [3.8, 4) is 11.5 Å². The van der Waals surface area contributed by atoms with Crippen LogP contribution in [-0.4, -0.2) is 10.9 Å². The van der Waals surface area contributed by atoms with Gasteiger partial charge in [0.15, 0.2) is 5.58 Å². The van der Waals surface area contributed by atoms with Crippen LogP contribution < -0.4 is 5.32 Å². The number of carbonyl (C=O) groups excluding carboxylic acids is 1. The van der Waals surface area contributed by atoms with Crippen LogP contribution in [0.15, 0.2) is 59.0 Å². The minimum Gasteiger partial charge on any atom is -0.436 e. The Balaban J connectivity index is 1.46. The number of aromatic nitrogens is 1. The van der Waals surface area contributed by atoms with Crippen LogP contribution in [0, 0.1) is 13.8 Å². The molecular formula is C24H16Cl2N2O2S. The van der Waals surface area contributed by atoms with Gasteiger partial charge in [0.05, 0.1) is 5.02 Å². The van der Waals surface area contributed by atoms with E-state index in [0.717, 1.165) is 26.8 Å². The number of oxazole rings is 1. The average Bonchev–Trinajstić information content (AvgIpc) is 3.28. The fraction of sp³-hybridized carbons (Fsp3) is 0.0833.